The first-order chi connectivity index (χ1) is 9.20. The molecule has 2 aromatic rings. The van der Waals surface area contributed by atoms with E-state index < -0.39 is 0 Å². The first-order valence-electron chi connectivity index (χ1n) is 6.48. The number of hydrogen-bond acceptors (Lipinski definition) is 1. The molecule has 0 amide bonds. The average molecular weight is 292 g/mol. The third-order valence-corrected chi connectivity index (χ3v) is 4.16. The second-order valence-electron chi connectivity index (χ2n) is 5.07. The van der Waals surface area contributed by atoms with E-state index >= 15 is 0 Å². The molecule has 0 spiro atoms. The van der Waals surface area contributed by atoms with E-state index in [1.807, 2.05) is 36.4 Å². The standard InChI is InChI=1S/C16H15Cl2N/c17-13-4-6-15(7-5-13)19-16-9-12(10-16)11-2-1-3-14(18)8-11/h1-8,12,16,19H,9-10H2. The highest BCUT2D eigenvalue weighted by Gasteiger charge is 2.30. The number of halogens is 2. The Morgan fingerprint density at radius 3 is 2.32 bits per heavy atom. The van der Waals surface area contributed by atoms with Gasteiger partial charge in [-0.15, -0.1) is 0 Å². The van der Waals surface area contributed by atoms with Crippen molar-refractivity contribution in [2.75, 3.05) is 5.32 Å². The molecule has 19 heavy (non-hydrogen) atoms. The molecule has 0 unspecified atom stereocenters. The van der Waals surface area contributed by atoms with E-state index in [1.54, 1.807) is 0 Å². The van der Waals surface area contributed by atoms with Crippen LogP contribution in [-0.4, -0.2) is 6.04 Å². The summed E-state index contributed by atoms with van der Waals surface area (Å²) in [7, 11) is 0. The largest absolute Gasteiger partial charge is 0.382 e. The van der Waals surface area contributed by atoms with Crippen LogP contribution in [0, 0.1) is 0 Å². The summed E-state index contributed by atoms with van der Waals surface area (Å²) in [5.74, 6) is 0.628. The molecule has 1 aliphatic carbocycles. The first-order valence-corrected chi connectivity index (χ1v) is 7.24. The first kappa shape index (κ1) is 12.8. The molecule has 0 saturated heterocycles. The minimum absolute atomic E-state index is 0.546. The van der Waals surface area contributed by atoms with Crippen LogP contribution in [0.15, 0.2) is 48.5 Å². The quantitative estimate of drug-likeness (QED) is 0.804. The smallest absolute Gasteiger partial charge is 0.0408 e. The summed E-state index contributed by atoms with van der Waals surface area (Å²) in [6, 6.07) is 16.6. The predicted octanol–water partition coefficient (Wildman–Crippen LogP) is 5.35. The van der Waals surface area contributed by atoms with E-state index in [2.05, 4.69) is 17.4 Å². The van der Waals surface area contributed by atoms with Crippen molar-refractivity contribution in [2.45, 2.75) is 24.8 Å². The number of rotatable bonds is 3. The van der Waals surface area contributed by atoms with Crippen LogP contribution in [0.3, 0.4) is 0 Å². The molecule has 1 aliphatic rings. The second-order valence-corrected chi connectivity index (χ2v) is 5.94. The maximum Gasteiger partial charge on any atom is 0.0408 e. The number of benzene rings is 2. The van der Waals surface area contributed by atoms with Crippen molar-refractivity contribution in [3.05, 3.63) is 64.1 Å². The van der Waals surface area contributed by atoms with Crippen molar-refractivity contribution in [1.82, 2.24) is 0 Å². The Bertz CT molecular complexity index is 559. The third-order valence-electron chi connectivity index (χ3n) is 3.67. The third kappa shape index (κ3) is 3.05. The highest BCUT2D eigenvalue weighted by molar-refractivity contribution is 6.30. The van der Waals surface area contributed by atoms with Gasteiger partial charge in [0.05, 0.1) is 0 Å². The zero-order valence-electron chi connectivity index (χ0n) is 10.4. The average Bonchev–Trinajstić information content (AvgIpc) is 2.35. The zero-order chi connectivity index (χ0) is 13.2. The molecule has 0 atom stereocenters. The van der Waals surface area contributed by atoms with Gasteiger partial charge in [-0.05, 0) is 60.7 Å². The maximum atomic E-state index is 6.02. The van der Waals surface area contributed by atoms with Gasteiger partial charge in [-0.2, -0.15) is 0 Å². The van der Waals surface area contributed by atoms with Crippen molar-refractivity contribution >= 4 is 28.9 Å². The van der Waals surface area contributed by atoms with Crippen LogP contribution in [0.25, 0.3) is 0 Å². The fraction of sp³-hybridized carbons (Fsp3) is 0.250. The van der Waals surface area contributed by atoms with Crippen LogP contribution in [0.5, 0.6) is 0 Å². The summed E-state index contributed by atoms with van der Waals surface area (Å²) in [5, 5.41) is 5.13. The molecule has 0 bridgehead atoms. The Labute approximate surface area is 123 Å². The van der Waals surface area contributed by atoms with E-state index in [1.165, 1.54) is 5.56 Å². The van der Waals surface area contributed by atoms with E-state index in [-0.39, 0.29) is 0 Å². The van der Waals surface area contributed by atoms with E-state index in [0.29, 0.717) is 12.0 Å². The minimum Gasteiger partial charge on any atom is -0.382 e. The number of hydrogen-bond donors (Lipinski definition) is 1. The zero-order valence-corrected chi connectivity index (χ0v) is 12.0. The van der Waals surface area contributed by atoms with Gasteiger partial charge in [0.15, 0.2) is 0 Å². The Hall–Kier alpha value is -1.18. The molecule has 0 radical (unpaired) electrons. The van der Waals surface area contributed by atoms with Gasteiger partial charge in [0.1, 0.15) is 0 Å². The van der Waals surface area contributed by atoms with E-state index in [0.717, 1.165) is 28.6 Å². The molecule has 1 fully saturated rings. The van der Waals surface area contributed by atoms with Crippen LogP contribution >= 0.6 is 23.2 Å². The van der Waals surface area contributed by atoms with Gasteiger partial charge < -0.3 is 5.32 Å². The molecule has 1 N–H and O–H groups in total. The molecule has 1 saturated carbocycles. The molecule has 0 aromatic heterocycles. The van der Waals surface area contributed by atoms with E-state index in [9.17, 15) is 0 Å². The summed E-state index contributed by atoms with van der Waals surface area (Å²) < 4.78 is 0. The van der Waals surface area contributed by atoms with E-state index in [4.69, 9.17) is 23.2 Å². The minimum atomic E-state index is 0.546. The second kappa shape index (κ2) is 5.44. The molecule has 0 heterocycles. The SMILES string of the molecule is Clc1ccc(NC2CC(c3cccc(Cl)c3)C2)cc1. The molecular formula is C16H15Cl2N. The molecule has 2 aromatic carbocycles. The summed E-state index contributed by atoms with van der Waals surface area (Å²) in [6.45, 7) is 0. The summed E-state index contributed by atoms with van der Waals surface area (Å²) >= 11 is 11.9. The highest BCUT2D eigenvalue weighted by Crippen LogP contribution is 2.39. The number of anilines is 1. The Balaban J connectivity index is 1.57. The van der Waals surface area contributed by atoms with Crippen LogP contribution in [-0.2, 0) is 0 Å². The summed E-state index contributed by atoms with van der Waals surface area (Å²) in [5.41, 5.74) is 2.49. The lowest BCUT2D eigenvalue weighted by molar-refractivity contribution is 0.374. The maximum absolute atomic E-state index is 6.02. The van der Waals surface area contributed by atoms with Crippen LogP contribution in [0.4, 0.5) is 5.69 Å². The van der Waals surface area contributed by atoms with Gasteiger partial charge in [0.25, 0.3) is 0 Å². The predicted molar refractivity (Wildman–Crippen MR) is 82.3 cm³/mol. The monoisotopic (exact) mass is 291 g/mol. The Morgan fingerprint density at radius 2 is 1.63 bits per heavy atom. The van der Waals surface area contributed by atoms with Gasteiger partial charge in [-0.25, -0.2) is 0 Å². The molecule has 3 heteroatoms. The van der Waals surface area contributed by atoms with Gasteiger partial charge >= 0.3 is 0 Å². The lowest BCUT2D eigenvalue weighted by Gasteiger charge is -2.37. The fourth-order valence-electron chi connectivity index (χ4n) is 2.55. The van der Waals surface area contributed by atoms with Gasteiger partial charge in [-0.1, -0.05) is 35.3 Å². The lowest BCUT2D eigenvalue weighted by atomic mass is 9.76. The molecule has 1 nitrogen and oxygen atoms in total. The van der Waals surface area contributed by atoms with Gasteiger partial charge in [0, 0.05) is 21.8 Å². The number of nitrogens with one attached hydrogen (secondary N) is 1. The highest BCUT2D eigenvalue weighted by atomic mass is 35.5. The van der Waals surface area contributed by atoms with Crippen molar-refractivity contribution in [3.8, 4) is 0 Å². The fourth-order valence-corrected chi connectivity index (χ4v) is 2.87. The van der Waals surface area contributed by atoms with Crippen LogP contribution in [0.1, 0.15) is 24.3 Å². The summed E-state index contributed by atoms with van der Waals surface area (Å²) in [6.07, 6.45) is 2.31. The van der Waals surface area contributed by atoms with Crippen LogP contribution in [0.2, 0.25) is 10.0 Å². The molecule has 3 rings (SSSR count). The Kier molecular flexibility index (Phi) is 3.67. The normalized spacial score (nSPS) is 21.8. The summed E-state index contributed by atoms with van der Waals surface area (Å²) in [4.78, 5) is 0. The molecule has 98 valence electrons. The van der Waals surface area contributed by atoms with Crippen molar-refractivity contribution in [3.63, 3.8) is 0 Å². The van der Waals surface area contributed by atoms with Gasteiger partial charge in [0.2, 0.25) is 0 Å². The van der Waals surface area contributed by atoms with Crippen molar-refractivity contribution < 1.29 is 0 Å². The molecule has 0 aliphatic heterocycles. The Morgan fingerprint density at radius 1 is 0.895 bits per heavy atom. The lowest BCUT2D eigenvalue weighted by Crippen LogP contribution is -2.33. The van der Waals surface area contributed by atoms with Crippen molar-refractivity contribution in [2.24, 2.45) is 0 Å². The topological polar surface area (TPSA) is 12.0 Å². The molecular weight excluding hydrogens is 277 g/mol. The van der Waals surface area contributed by atoms with Gasteiger partial charge in [-0.3, -0.25) is 0 Å². The van der Waals surface area contributed by atoms with Crippen molar-refractivity contribution in [1.29, 1.82) is 0 Å². The van der Waals surface area contributed by atoms with Crippen LogP contribution < -0.4 is 5.32 Å².